The first-order chi connectivity index (χ1) is 29.9. The molecule has 8 aromatic rings. The van der Waals surface area contributed by atoms with E-state index >= 15 is 0 Å². The number of fused-ring (bicyclic) bond motifs is 4. The van der Waals surface area contributed by atoms with Crippen LogP contribution in [0.5, 0.6) is 0 Å². The first-order valence-electron chi connectivity index (χ1n) is 20.2. The summed E-state index contributed by atoms with van der Waals surface area (Å²) < 4.78 is 24.3. The van der Waals surface area contributed by atoms with Gasteiger partial charge >= 0.3 is 23.9 Å². The minimum absolute atomic E-state index is 0.108. The number of carbonyl (C=O) groups excluding carboxylic acids is 4. The predicted molar refractivity (Wildman–Crippen MR) is 239 cm³/mol. The Balaban J connectivity index is 0.979. The maximum atomic E-state index is 14.0. The fraction of sp³-hybridized carbons (Fsp3) is 0.154. The Morgan fingerprint density at radius 1 is 0.393 bits per heavy atom. The van der Waals surface area contributed by atoms with Crippen LogP contribution in [0.3, 0.4) is 0 Å². The van der Waals surface area contributed by atoms with Gasteiger partial charge in [0.05, 0.1) is 34.1 Å². The van der Waals surface area contributed by atoms with Crippen molar-refractivity contribution in [3.05, 3.63) is 192 Å². The molecular formula is C52H40O8S. The van der Waals surface area contributed by atoms with Crippen molar-refractivity contribution in [1.29, 1.82) is 0 Å². The summed E-state index contributed by atoms with van der Waals surface area (Å²) in [5, 5.41) is 6.52. The zero-order chi connectivity index (χ0) is 41.7. The normalized spacial score (nSPS) is 17.3. The largest absolute Gasteiger partial charge is 0.462 e. The van der Waals surface area contributed by atoms with Crippen LogP contribution in [0.4, 0.5) is 0 Å². The van der Waals surface area contributed by atoms with E-state index in [9.17, 15) is 19.2 Å². The molecule has 0 amide bonds. The highest BCUT2D eigenvalue weighted by atomic mass is 32.2. The summed E-state index contributed by atoms with van der Waals surface area (Å²) in [5.41, 5.74) is 1.51. The molecule has 61 heavy (non-hydrogen) atoms. The number of thioether (sulfide) groups is 1. The molecule has 0 radical (unpaired) electrons. The van der Waals surface area contributed by atoms with Gasteiger partial charge in [0.15, 0.2) is 12.2 Å². The van der Waals surface area contributed by atoms with Gasteiger partial charge < -0.3 is 18.9 Å². The van der Waals surface area contributed by atoms with Crippen LogP contribution in [0.25, 0.3) is 43.1 Å². The summed E-state index contributed by atoms with van der Waals surface area (Å²) >= 11 is 1.43. The van der Waals surface area contributed by atoms with Crippen LogP contribution in [0.1, 0.15) is 54.3 Å². The van der Waals surface area contributed by atoms with Gasteiger partial charge in [-0.25, -0.2) is 19.2 Å². The molecule has 302 valence electrons. The number of carbonyl (C=O) groups is 4. The van der Waals surface area contributed by atoms with Crippen LogP contribution in [-0.4, -0.2) is 59.8 Å². The Hall–Kier alpha value is -6.97. The van der Waals surface area contributed by atoms with Gasteiger partial charge in [0, 0.05) is 5.25 Å². The third kappa shape index (κ3) is 8.83. The topological polar surface area (TPSA) is 105 Å². The van der Waals surface area contributed by atoms with Gasteiger partial charge in [0.25, 0.3) is 0 Å². The van der Waals surface area contributed by atoms with Gasteiger partial charge in [-0.15, -0.1) is 11.8 Å². The van der Waals surface area contributed by atoms with Gasteiger partial charge in [0.2, 0.25) is 0 Å². The first kappa shape index (κ1) is 39.5. The van der Waals surface area contributed by atoms with Crippen LogP contribution >= 0.6 is 11.8 Å². The van der Waals surface area contributed by atoms with E-state index in [-0.39, 0.29) is 13.2 Å². The number of ether oxygens (including phenoxy) is 4. The average molecular weight is 825 g/mol. The molecule has 0 N–H and O–H groups in total. The standard InChI is InChI=1S/C52H40O8S/c53-49(41-23-19-33-10-1-5-14-37(33)28-41)57-27-9-18-45-47(59-51(55)43-25-21-35-12-3-7-16-39(35)30-43)48(60-52(56)44-26-22-36-13-4-8-17-40(36)31-44)46(61-45)32-58-50(54)42-24-20-34-11-2-6-15-38(34)29-42/h1-8,10-17,19-26,28-31,45-48H,9,18,27,32H2/t45?,46-,47+,48+/m1/s1. The van der Waals surface area contributed by atoms with Gasteiger partial charge in [-0.2, -0.15) is 0 Å². The summed E-state index contributed by atoms with van der Waals surface area (Å²) in [6.45, 7) is -0.0132. The highest BCUT2D eigenvalue weighted by Gasteiger charge is 2.49. The third-order valence-electron chi connectivity index (χ3n) is 11.1. The van der Waals surface area contributed by atoms with Crippen molar-refractivity contribution in [1.82, 2.24) is 0 Å². The fourth-order valence-corrected chi connectivity index (χ4v) is 9.51. The van der Waals surface area contributed by atoms with Crippen LogP contribution in [0, 0.1) is 0 Å². The fourth-order valence-electron chi connectivity index (χ4n) is 7.88. The Labute approximate surface area is 356 Å². The molecule has 9 rings (SSSR count). The van der Waals surface area contributed by atoms with E-state index in [0.717, 1.165) is 43.1 Å². The van der Waals surface area contributed by atoms with E-state index in [1.807, 2.05) is 127 Å². The number of hydrogen-bond donors (Lipinski definition) is 0. The molecular weight excluding hydrogens is 785 g/mol. The van der Waals surface area contributed by atoms with Crippen molar-refractivity contribution in [3.63, 3.8) is 0 Å². The lowest BCUT2D eigenvalue weighted by molar-refractivity contribution is -0.0367. The number of hydrogen-bond acceptors (Lipinski definition) is 9. The van der Waals surface area contributed by atoms with Crippen molar-refractivity contribution in [2.24, 2.45) is 0 Å². The van der Waals surface area contributed by atoms with E-state index in [0.29, 0.717) is 35.1 Å². The van der Waals surface area contributed by atoms with E-state index < -0.39 is 46.6 Å². The third-order valence-corrected chi connectivity index (χ3v) is 12.7. The van der Waals surface area contributed by atoms with Crippen LogP contribution in [-0.2, 0) is 18.9 Å². The second-order valence-electron chi connectivity index (χ2n) is 15.1. The van der Waals surface area contributed by atoms with E-state index in [1.54, 1.807) is 42.5 Å². The van der Waals surface area contributed by atoms with Crippen LogP contribution in [0.2, 0.25) is 0 Å². The molecule has 1 fully saturated rings. The van der Waals surface area contributed by atoms with Crippen molar-refractivity contribution in [3.8, 4) is 0 Å². The molecule has 0 bridgehead atoms. The highest BCUT2D eigenvalue weighted by molar-refractivity contribution is 8.01. The Bertz CT molecular complexity index is 2940. The molecule has 9 heteroatoms. The van der Waals surface area contributed by atoms with Crippen molar-refractivity contribution in [2.45, 2.75) is 35.5 Å². The molecule has 1 aliphatic rings. The molecule has 1 heterocycles. The highest BCUT2D eigenvalue weighted by Crippen LogP contribution is 2.42. The molecule has 4 atom stereocenters. The smallest absolute Gasteiger partial charge is 0.338 e. The minimum atomic E-state index is -0.997. The monoisotopic (exact) mass is 824 g/mol. The molecule has 0 saturated carbocycles. The van der Waals surface area contributed by atoms with E-state index in [1.165, 1.54) is 11.8 Å². The molecule has 1 unspecified atom stereocenters. The van der Waals surface area contributed by atoms with Gasteiger partial charge in [-0.1, -0.05) is 121 Å². The zero-order valence-corrected chi connectivity index (χ0v) is 33.8. The van der Waals surface area contributed by atoms with Crippen LogP contribution in [0.15, 0.2) is 170 Å². The summed E-state index contributed by atoms with van der Waals surface area (Å²) in [4.78, 5) is 54.8. The summed E-state index contributed by atoms with van der Waals surface area (Å²) in [7, 11) is 0. The molecule has 1 saturated heterocycles. The number of esters is 4. The maximum absolute atomic E-state index is 14.0. The Kier molecular flexibility index (Phi) is 11.5. The molecule has 1 aliphatic heterocycles. The summed E-state index contributed by atoms with van der Waals surface area (Å²) in [5.74, 6) is -2.15. The average Bonchev–Trinajstić information content (AvgIpc) is 3.62. The van der Waals surface area contributed by atoms with Crippen LogP contribution < -0.4 is 0 Å². The molecule has 0 spiro atoms. The Morgan fingerprint density at radius 2 is 0.738 bits per heavy atom. The van der Waals surface area contributed by atoms with Crippen molar-refractivity contribution < 1.29 is 38.1 Å². The molecule has 8 nitrogen and oxygen atoms in total. The van der Waals surface area contributed by atoms with Crippen molar-refractivity contribution in [2.75, 3.05) is 13.2 Å². The lowest BCUT2D eigenvalue weighted by Gasteiger charge is -2.26. The second kappa shape index (κ2) is 17.7. The predicted octanol–water partition coefficient (Wildman–Crippen LogP) is 11.0. The summed E-state index contributed by atoms with van der Waals surface area (Å²) in [6.07, 6.45) is -1.07. The summed E-state index contributed by atoms with van der Waals surface area (Å²) in [6, 6.07) is 52.5. The van der Waals surface area contributed by atoms with E-state index in [2.05, 4.69) is 0 Å². The van der Waals surface area contributed by atoms with Crippen molar-refractivity contribution >= 4 is 78.7 Å². The quantitative estimate of drug-likeness (QED) is 0.0676. The Morgan fingerprint density at radius 3 is 1.15 bits per heavy atom. The van der Waals surface area contributed by atoms with Gasteiger partial charge in [-0.05, 0) is 104 Å². The minimum Gasteiger partial charge on any atom is -0.462 e. The first-order valence-corrected chi connectivity index (χ1v) is 21.2. The van der Waals surface area contributed by atoms with Gasteiger partial charge in [0.1, 0.15) is 6.61 Å². The van der Waals surface area contributed by atoms with Gasteiger partial charge in [-0.3, -0.25) is 0 Å². The lowest BCUT2D eigenvalue weighted by atomic mass is 10.0. The molecule has 8 aromatic carbocycles. The second-order valence-corrected chi connectivity index (χ2v) is 16.6. The molecule has 0 aromatic heterocycles. The van der Waals surface area contributed by atoms with E-state index in [4.69, 9.17) is 18.9 Å². The number of benzene rings is 8. The molecule has 0 aliphatic carbocycles. The SMILES string of the molecule is O=C(OCCCC1S[C@H](COC(=O)c2ccc3ccccc3c2)[C@H](OC(=O)c2ccc3ccccc3c2)[C@H]1OC(=O)c1ccc2ccccc2c1)c1ccc2ccccc2c1. The maximum Gasteiger partial charge on any atom is 0.338 e. The zero-order valence-electron chi connectivity index (χ0n) is 33.0. The number of rotatable bonds is 12. The lowest BCUT2D eigenvalue weighted by Crippen LogP contribution is -2.42.